The van der Waals surface area contributed by atoms with Crippen LogP contribution in [0.3, 0.4) is 0 Å². The first-order valence-electron chi connectivity index (χ1n) is 6.26. The van der Waals surface area contributed by atoms with Crippen LogP contribution in [-0.4, -0.2) is 33.0 Å². The van der Waals surface area contributed by atoms with Crippen molar-refractivity contribution in [3.8, 4) is 0 Å². The summed E-state index contributed by atoms with van der Waals surface area (Å²) in [5.74, 6) is 0. The van der Waals surface area contributed by atoms with Crippen molar-refractivity contribution in [1.29, 1.82) is 0 Å². The lowest BCUT2D eigenvalue weighted by Gasteiger charge is -2.11. The molecule has 0 aliphatic rings. The number of nitrogens with one attached hydrogen (secondary N) is 2. The maximum Gasteiger partial charge on any atom is 0.289 e. The highest BCUT2D eigenvalue weighted by molar-refractivity contribution is 7.89. The molecular formula is C12H19N3O4S. The Balaban J connectivity index is 3.16. The monoisotopic (exact) mass is 301 g/mol. The highest BCUT2D eigenvalue weighted by Crippen LogP contribution is 2.28. The number of hydrogen-bond donors (Lipinski definition) is 2. The lowest BCUT2D eigenvalue weighted by Crippen LogP contribution is -2.32. The number of rotatable bonds is 7. The van der Waals surface area contributed by atoms with Crippen LogP contribution in [0.2, 0.25) is 0 Å². The summed E-state index contributed by atoms with van der Waals surface area (Å²) in [6, 6.07) is 2.77. The first kappa shape index (κ1) is 16.5. The molecule has 0 amide bonds. The molecule has 0 unspecified atom stereocenters. The minimum atomic E-state index is -3.90. The minimum absolute atomic E-state index is 0.181. The van der Waals surface area contributed by atoms with Gasteiger partial charge in [0.15, 0.2) is 4.90 Å². The molecule has 1 aromatic rings. The lowest BCUT2D eigenvalue weighted by molar-refractivity contribution is -0.387. The zero-order valence-electron chi connectivity index (χ0n) is 11.8. The second-order valence-electron chi connectivity index (χ2n) is 4.36. The molecule has 20 heavy (non-hydrogen) atoms. The molecule has 0 aromatic heterocycles. The second kappa shape index (κ2) is 6.78. The summed E-state index contributed by atoms with van der Waals surface area (Å²) < 4.78 is 26.9. The molecule has 0 heterocycles. The maximum absolute atomic E-state index is 12.3. The van der Waals surface area contributed by atoms with E-state index < -0.39 is 20.6 Å². The number of nitro benzene ring substituents is 1. The zero-order valence-corrected chi connectivity index (χ0v) is 12.6. The molecule has 0 spiro atoms. The smallest absolute Gasteiger partial charge is 0.289 e. The summed E-state index contributed by atoms with van der Waals surface area (Å²) in [5.41, 5.74) is 0.696. The number of nitro groups is 1. The van der Waals surface area contributed by atoms with E-state index in [1.165, 1.54) is 6.07 Å². The first-order valence-corrected chi connectivity index (χ1v) is 7.74. The van der Waals surface area contributed by atoms with Crippen molar-refractivity contribution in [3.63, 3.8) is 0 Å². The second-order valence-corrected chi connectivity index (χ2v) is 6.07. The summed E-state index contributed by atoms with van der Waals surface area (Å²) in [6.45, 7) is 6.57. The Hall–Kier alpha value is -1.51. The van der Waals surface area contributed by atoms with E-state index in [0.717, 1.165) is 6.54 Å². The molecule has 1 aromatic carbocycles. The molecule has 0 aliphatic heterocycles. The molecule has 0 saturated carbocycles. The summed E-state index contributed by atoms with van der Waals surface area (Å²) in [7, 11) is -3.90. The minimum Gasteiger partial charge on any atom is -0.316 e. The Morgan fingerprint density at radius 2 is 1.90 bits per heavy atom. The molecular weight excluding hydrogens is 282 g/mol. The fourth-order valence-corrected chi connectivity index (χ4v) is 3.28. The van der Waals surface area contributed by atoms with E-state index in [-0.39, 0.29) is 11.4 Å². The Morgan fingerprint density at radius 1 is 1.25 bits per heavy atom. The SMILES string of the molecule is CCNCCNS(=O)(=O)c1c([N+](=O)[O-])ccc(C)c1C. The van der Waals surface area contributed by atoms with Gasteiger partial charge in [0.05, 0.1) is 4.92 Å². The molecule has 8 heteroatoms. The van der Waals surface area contributed by atoms with Gasteiger partial charge in [0.2, 0.25) is 10.0 Å². The van der Waals surface area contributed by atoms with Crippen LogP contribution in [0.1, 0.15) is 18.1 Å². The molecule has 0 bridgehead atoms. The summed E-state index contributed by atoms with van der Waals surface area (Å²) in [4.78, 5) is 10.1. The lowest BCUT2D eigenvalue weighted by atomic mass is 10.1. The van der Waals surface area contributed by atoms with E-state index >= 15 is 0 Å². The molecule has 0 aliphatic carbocycles. The molecule has 2 N–H and O–H groups in total. The van der Waals surface area contributed by atoms with Gasteiger partial charge >= 0.3 is 0 Å². The summed E-state index contributed by atoms with van der Waals surface area (Å²) in [5, 5.41) is 14.0. The van der Waals surface area contributed by atoms with E-state index in [1.807, 2.05) is 6.92 Å². The molecule has 1 rings (SSSR count). The van der Waals surface area contributed by atoms with Gasteiger partial charge < -0.3 is 5.32 Å². The fraction of sp³-hybridized carbons (Fsp3) is 0.500. The Kier molecular flexibility index (Phi) is 5.61. The summed E-state index contributed by atoms with van der Waals surface area (Å²) >= 11 is 0. The number of hydrogen-bond acceptors (Lipinski definition) is 5. The van der Waals surface area contributed by atoms with Gasteiger partial charge in [-0.3, -0.25) is 10.1 Å². The third-order valence-electron chi connectivity index (χ3n) is 2.97. The molecule has 7 nitrogen and oxygen atoms in total. The average Bonchev–Trinajstić information content (AvgIpc) is 2.37. The van der Waals surface area contributed by atoms with E-state index in [2.05, 4.69) is 10.0 Å². The van der Waals surface area contributed by atoms with Gasteiger partial charge in [0, 0.05) is 19.2 Å². The van der Waals surface area contributed by atoms with Gasteiger partial charge in [-0.1, -0.05) is 13.0 Å². The standard InChI is InChI=1S/C12H19N3O4S/c1-4-13-7-8-14-20(18,19)12-10(3)9(2)5-6-11(12)15(16)17/h5-6,13-14H,4,7-8H2,1-3H3. The van der Waals surface area contributed by atoms with Crippen molar-refractivity contribution in [2.24, 2.45) is 0 Å². The number of sulfonamides is 1. The third kappa shape index (κ3) is 3.75. The maximum atomic E-state index is 12.3. The van der Waals surface area contributed by atoms with Crippen LogP contribution in [-0.2, 0) is 10.0 Å². The Labute approximate surface area is 118 Å². The van der Waals surface area contributed by atoms with Crippen LogP contribution in [0, 0.1) is 24.0 Å². The number of benzene rings is 1. The molecule has 0 atom stereocenters. The van der Waals surface area contributed by atoms with Crippen LogP contribution in [0.15, 0.2) is 17.0 Å². The quantitative estimate of drug-likeness (QED) is 0.446. The van der Waals surface area contributed by atoms with Crippen LogP contribution >= 0.6 is 0 Å². The van der Waals surface area contributed by atoms with Crippen molar-refractivity contribution >= 4 is 15.7 Å². The normalized spacial score (nSPS) is 11.6. The Bertz CT molecular complexity index is 599. The van der Waals surface area contributed by atoms with Gasteiger partial charge in [-0.15, -0.1) is 0 Å². The topological polar surface area (TPSA) is 101 Å². The van der Waals surface area contributed by atoms with Crippen molar-refractivity contribution in [2.75, 3.05) is 19.6 Å². The first-order chi connectivity index (χ1) is 9.31. The van der Waals surface area contributed by atoms with Gasteiger partial charge in [-0.2, -0.15) is 0 Å². The van der Waals surface area contributed by atoms with Gasteiger partial charge in [0.1, 0.15) is 0 Å². The molecule has 0 fully saturated rings. The van der Waals surface area contributed by atoms with Crippen molar-refractivity contribution in [3.05, 3.63) is 33.4 Å². The van der Waals surface area contributed by atoms with Crippen molar-refractivity contribution < 1.29 is 13.3 Å². The van der Waals surface area contributed by atoms with Gasteiger partial charge in [0.25, 0.3) is 5.69 Å². The third-order valence-corrected chi connectivity index (χ3v) is 4.60. The fourth-order valence-electron chi connectivity index (χ4n) is 1.78. The average molecular weight is 301 g/mol. The predicted octanol–water partition coefficient (Wildman–Crippen LogP) is 1.10. The number of likely N-dealkylation sites (N-methyl/N-ethyl adjacent to an activating group) is 1. The van der Waals surface area contributed by atoms with Crippen LogP contribution in [0.25, 0.3) is 0 Å². The van der Waals surface area contributed by atoms with E-state index in [9.17, 15) is 18.5 Å². The van der Waals surface area contributed by atoms with Crippen LogP contribution in [0.5, 0.6) is 0 Å². The van der Waals surface area contributed by atoms with E-state index in [0.29, 0.717) is 17.7 Å². The number of aryl methyl sites for hydroxylation is 1. The molecule has 112 valence electrons. The van der Waals surface area contributed by atoms with Gasteiger partial charge in [-0.05, 0) is 31.5 Å². The van der Waals surface area contributed by atoms with Crippen molar-refractivity contribution in [1.82, 2.24) is 10.0 Å². The highest BCUT2D eigenvalue weighted by atomic mass is 32.2. The number of nitrogens with zero attached hydrogens (tertiary/aromatic N) is 1. The van der Waals surface area contributed by atoms with E-state index in [1.54, 1.807) is 19.9 Å². The van der Waals surface area contributed by atoms with E-state index in [4.69, 9.17) is 0 Å². The van der Waals surface area contributed by atoms with Crippen LogP contribution < -0.4 is 10.0 Å². The van der Waals surface area contributed by atoms with Crippen molar-refractivity contribution in [2.45, 2.75) is 25.7 Å². The largest absolute Gasteiger partial charge is 0.316 e. The molecule has 0 saturated heterocycles. The summed E-state index contributed by atoms with van der Waals surface area (Å²) in [6.07, 6.45) is 0. The predicted molar refractivity (Wildman–Crippen MR) is 76.3 cm³/mol. The highest BCUT2D eigenvalue weighted by Gasteiger charge is 2.28. The zero-order chi connectivity index (χ0) is 15.3. The van der Waals surface area contributed by atoms with Crippen LogP contribution in [0.4, 0.5) is 5.69 Å². The Morgan fingerprint density at radius 3 is 2.45 bits per heavy atom. The van der Waals surface area contributed by atoms with Gasteiger partial charge in [-0.25, -0.2) is 13.1 Å². The molecule has 0 radical (unpaired) electrons.